The van der Waals surface area contributed by atoms with Crippen molar-refractivity contribution in [3.63, 3.8) is 0 Å². The topological polar surface area (TPSA) is 51.3 Å². The standard InChI is InChI=1S/C18H22ClN3O.ClH/c1-12-10-17(18(23)21-9-3-4-15(20)11-21)13(2)22(12)16-7-5-14(19)6-8-16;/h5-8,10,15H,3-4,9,11,20H2,1-2H3;1H. The van der Waals surface area contributed by atoms with E-state index >= 15 is 0 Å². The largest absolute Gasteiger partial charge is 0.337 e. The van der Waals surface area contributed by atoms with Crippen LogP contribution in [0.2, 0.25) is 5.02 Å². The number of piperidine rings is 1. The van der Waals surface area contributed by atoms with Crippen LogP contribution in [0.4, 0.5) is 0 Å². The van der Waals surface area contributed by atoms with E-state index in [9.17, 15) is 4.79 Å². The number of benzene rings is 1. The van der Waals surface area contributed by atoms with E-state index in [1.54, 1.807) is 0 Å². The average molecular weight is 368 g/mol. The molecule has 1 unspecified atom stereocenters. The van der Waals surface area contributed by atoms with Gasteiger partial charge in [0.25, 0.3) is 5.91 Å². The zero-order valence-electron chi connectivity index (χ0n) is 14.0. The van der Waals surface area contributed by atoms with Gasteiger partial charge in [0.1, 0.15) is 0 Å². The molecule has 1 amide bonds. The number of nitrogens with two attached hydrogens (primary N) is 1. The molecule has 3 rings (SSSR count). The van der Waals surface area contributed by atoms with Crippen LogP contribution in [-0.2, 0) is 0 Å². The van der Waals surface area contributed by atoms with Crippen molar-refractivity contribution in [2.75, 3.05) is 13.1 Å². The lowest BCUT2D eigenvalue weighted by molar-refractivity contribution is 0.0708. The number of carbonyl (C=O) groups excluding carboxylic acids is 1. The van der Waals surface area contributed by atoms with Gasteiger partial charge in [-0.15, -0.1) is 12.4 Å². The number of nitrogens with zero attached hydrogens (tertiary/aromatic N) is 2. The van der Waals surface area contributed by atoms with Crippen LogP contribution in [0.15, 0.2) is 30.3 Å². The van der Waals surface area contributed by atoms with Gasteiger partial charge in [0.15, 0.2) is 0 Å². The Balaban J connectivity index is 0.00000208. The Kier molecular flexibility index (Phi) is 5.97. The number of amides is 1. The van der Waals surface area contributed by atoms with E-state index in [-0.39, 0.29) is 24.4 Å². The Hall–Kier alpha value is -1.49. The van der Waals surface area contributed by atoms with Gasteiger partial charge in [-0.2, -0.15) is 0 Å². The van der Waals surface area contributed by atoms with E-state index in [1.165, 1.54) is 0 Å². The van der Waals surface area contributed by atoms with E-state index in [2.05, 4.69) is 4.57 Å². The highest BCUT2D eigenvalue weighted by atomic mass is 35.5. The summed E-state index contributed by atoms with van der Waals surface area (Å²) in [6, 6.07) is 9.71. The molecule has 1 saturated heterocycles. The summed E-state index contributed by atoms with van der Waals surface area (Å²) in [4.78, 5) is 14.7. The fourth-order valence-corrected chi connectivity index (χ4v) is 3.46. The van der Waals surface area contributed by atoms with E-state index in [4.69, 9.17) is 17.3 Å². The van der Waals surface area contributed by atoms with Crippen molar-refractivity contribution < 1.29 is 4.79 Å². The van der Waals surface area contributed by atoms with Gasteiger partial charge in [-0.25, -0.2) is 0 Å². The Bertz CT molecular complexity index is 725. The molecule has 1 atom stereocenters. The molecule has 2 aromatic rings. The van der Waals surface area contributed by atoms with Gasteiger partial charge >= 0.3 is 0 Å². The predicted molar refractivity (Wildman–Crippen MR) is 101 cm³/mol. The molecule has 1 fully saturated rings. The first-order valence-electron chi connectivity index (χ1n) is 7.97. The second-order valence-corrected chi connectivity index (χ2v) is 6.69. The average Bonchev–Trinajstić information content (AvgIpc) is 2.82. The molecule has 0 radical (unpaired) electrons. The fourth-order valence-electron chi connectivity index (χ4n) is 3.33. The maximum Gasteiger partial charge on any atom is 0.255 e. The van der Waals surface area contributed by atoms with Crippen molar-refractivity contribution in [2.45, 2.75) is 32.7 Å². The van der Waals surface area contributed by atoms with Gasteiger partial charge in [-0.05, 0) is 57.0 Å². The number of likely N-dealkylation sites (tertiary alicyclic amines) is 1. The van der Waals surface area contributed by atoms with Crippen LogP contribution in [-0.4, -0.2) is 34.5 Å². The first-order chi connectivity index (χ1) is 11.0. The molecule has 130 valence electrons. The smallest absolute Gasteiger partial charge is 0.255 e. The molecular weight excluding hydrogens is 345 g/mol. The third-order valence-electron chi connectivity index (χ3n) is 4.49. The molecule has 0 spiro atoms. The number of hydrogen-bond acceptors (Lipinski definition) is 2. The highest BCUT2D eigenvalue weighted by Gasteiger charge is 2.25. The highest BCUT2D eigenvalue weighted by molar-refractivity contribution is 6.30. The van der Waals surface area contributed by atoms with Gasteiger partial charge in [0.2, 0.25) is 0 Å². The van der Waals surface area contributed by atoms with E-state index in [0.717, 1.165) is 42.0 Å². The van der Waals surface area contributed by atoms with Crippen LogP contribution in [0, 0.1) is 13.8 Å². The number of aryl methyl sites for hydroxylation is 1. The van der Waals surface area contributed by atoms with Gasteiger partial charge in [0.05, 0.1) is 5.56 Å². The molecule has 0 saturated carbocycles. The summed E-state index contributed by atoms with van der Waals surface area (Å²) < 4.78 is 2.09. The van der Waals surface area contributed by atoms with Crippen molar-refractivity contribution >= 4 is 29.9 Å². The normalized spacial score (nSPS) is 17.5. The Morgan fingerprint density at radius 2 is 1.92 bits per heavy atom. The first-order valence-corrected chi connectivity index (χ1v) is 8.35. The molecule has 4 nitrogen and oxygen atoms in total. The minimum absolute atomic E-state index is 0. The summed E-state index contributed by atoms with van der Waals surface area (Å²) in [7, 11) is 0. The summed E-state index contributed by atoms with van der Waals surface area (Å²) in [5.74, 6) is 0.0773. The van der Waals surface area contributed by atoms with Crippen molar-refractivity contribution in [2.24, 2.45) is 5.73 Å². The van der Waals surface area contributed by atoms with Gasteiger partial charge in [0, 0.05) is 41.2 Å². The van der Waals surface area contributed by atoms with Crippen LogP contribution in [0.3, 0.4) is 0 Å². The SMILES string of the molecule is Cc1cc(C(=O)N2CCCC(N)C2)c(C)n1-c1ccc(Cl)cc1.Cl. The first kappa shape index (κ1) is 18.8. The molecule has 2 N–H and O–H groups in total. The zero-order valence-corrected chi connectivity index (χ0v) is 15.5. The molecule has 1 aromatic heterocycles. The lowest BCUT2D eigenvalue weighted by Gasteiger charge is -2.30. The van der Waals surface area contributed by atoms with Crippen LogP contribution in [0.25, 0.3) is 5.69 Å². The van der Waals surface area contributed by atoms with Crippen LogP contribution in [0.1, 0.15) is 34.6 Å². The summed E-state index contributed by atoms with van der Waals surface area (Å²) in [6.45, 7) is 5.43. The second-order valence-electron chi connectivity index (χ2n) is 6.25. The Morgan fingerprint density at radius 1 is 1.25 bits per heavy atom. The second kappa shape index (κ2) is 7.60. The van der Waals surface area contributed by atoms with E-state index in [0.29, 0.717) is 11.6 Å². The number of hydrogen-bond donors (Lipinski definition) is 1. The molecule has 2 heterocycles. The van der Waals surface area contributed by atoms with Crippen molar-refractivity contribution in [3.05, 3.63) is 52.3 Å². The molecule has 24 heavy (non-hydrogen) atoms. The molecular formula is C18H23Cl2N3O. The molecule has 1 aliphatic heterocycles. The van der Waals surface area contributed by atoms with Gasteiger partial charge in [-0.3, -0.25) is 4.79 Å². The third-order valence-corrected chi connectivity index (χ3v) is 4.74. The zero-order chi connectivity index (χ0) is 16.6. The molecule has 1 aromatic carbocycles. The van der Waals surface area contributed by atoms with Crippen molar-refractivity contribution in [3.8, 4) is 5.69 Å². The maximum absolute atomic E-state index is 12.9. The number of rotatable bonds is 2. The quantitative estimate of drug-likeness (QED) is 0.878. The molecule has 1 aliphatic rings. The lowest BCUT2D eigenvalue weighted by atomic mass is 10.1. The van der Waals surface area contributed by atoms with E-state index in [1.807, 2.05) is 49.1 Å². The monoisotopic (exact) mass is 367 g/mol. The fraction of sp³-hybridized carbons (Fsp3) is 0.389. The molecule has 0 bridgehead atoms. The van der Waals surface area contributed by atoms with Crippen LogP contribution in [0.5, 0.6) is 0 Å². The van der Waals surface area contributed by atoms with Crippen molar-refractivity contribution in [1.82, 2.24) is 9.47 Å². The number of halogens is 2. The predicted octanol–water partition coefficient (Wildman–Crippen LogP) is 3.73. The minimum Gasteiger partial charge on any atom is -0.337 e. The maximum atomic E-state index is 12.9. The summed E-state index contributed by atoms with van der Waals surface area (Å²) in [5, 5.41) is 0.704. The number of aromatic nitrogens is 1. The molecule has 6 heteroatoms. The summed E-state index contributed by atoms with van der Waals surface area (Å²) in [6.07, 6.45) is 1.97. The lowest BCUT2D eigenvalue weighted by Crippen LogP contribution is -2.45. The van der Waals surface area contributed by atoms with Crippen LogP contribution < -0.4 is 5.73 Å². The van der Waals surface area contributed by atoms with E-state index < -0.39 is 0 Å². The third kappa shape index (κ3) is 3.61. The molecule has 0 aliphatic carbocycles. The Labute approximate surface area is 154 Å². The summed E-state index contributed by atoms with van der Waals surface area (Å²) >= 11 is 5.97. The number of carbonyl (C=O) groups is 1. The van der Waals surface area contributed by atoms with Crippen molar-refractivity contribution in [1.29, 1.82) is 0 Å². The van der Waals surface area contributed by atoms with Crippen LogP contribution >= 0.6 is 24.0 Å². The Morgan fingerprint density at radius 3 is 2.54 bits per heavy atom. The minimum atomic E-state index is 0. The van der Waals surface area contributed by atoms with Gasteiger partial charge < -0.3 is 15.2 Å². The highest BCUT2D eigenvalue weighted by Crippen LogP contribution is 2.24. The summed E-state index contributed by atoms with van der Waals surface area (Å²) in [5.41, 5.74) is 9.77. The van der Waals surface area contributed by atoms with Gasteiger partial charge in [-0.1, -0.05) is 11.6 Å².